The van der Waals surface area contributed by atoms with Crippen LogP contribution in [0.3, 0.4) is 0 Å². The molecule has 0 radical (unpaired) electrons. The van der Waals surface area contributed by atoms with Crippen LogP contribution < -0.4 is 10.2 Å². The van der Waals surface area contributed by atoms with Gasteiger partial charge in [-0.25, -0.2) is 0 Å². The first-order valence-electron chi connectivity index (χ1n) is 10.4. The van der Waals surface area contributed by atoms with E-state index in [1.807, 2.05) is 37.3 Å². The lowest BCUT2D eigenvalue weighted by Crippen LogP contribution is -2.30. The molecular formula is C26H19Cl2N3O2S. The lowest BCUT2D eigenvalue weighted by molar-refractivity contribution is -0.117. The molecule has 3 aromatic rings. The number of benzene rings is 3. The van der Waals surface area contributed by atoms with Gasteiger partial charge in [0.05, 0.1) is 5.25 Å². The summed E-state index contributed by atoms with van der Waals surface area (Å²) in [5, 5.41) is 13.6. The highest BCUT2D eigenvalue weighted by Gasteiger charge is 2.40. The molecule has 2 amide bonds. The molecule has 0 aliphatic carbocycles. The standard InChI is InChI=1S/C26H19Cl2N3O2S/c1-16-7-8-17(13-22(16)28)14-23-25(33)31(20-5-3-2-4-6-20)26(34-23)21(15-29)24(32)30-19-11-9-18(27)10-12-19/h2-13,23H,14H2,1H3,(H,30,32)/b26-21-/t23-/m0/s1. The largest absolute Gasteiger partial charge is 0.321 e. The van der Waals surface area contributed by atoms with Gasteiger partial charge in [0.1, 0.15) is 16.7 Å². The van der Waals surface area contributed by atoms with Gasteiger partial charge in [-0.2, -0.15) is 5.26 Å². The third-order valence-corrected chi connectivity index (χ3v) is 7.20. The molecule has 1 aliphatic heterocycles. The van der Waals surface area contributed by atoms with Crippen LogP contribution in [-0.2, 0) is 16.0 Å². The Balaban J connectivity index is 1.70. The Morgan fingerprint density at radius 2 is 1.79 bits per heavy atom. The molecule has 1 aliphatic rings. The fourth-order valence-electron chi connectivity index (χ4n) is 3.50. The van der Waals surface area contributed by atoms with E-state index in [1.54, 1.807) is 48.5 Å². The van der Waals surface area contributed by atoms with E-state index in [1.165, 1.54) is 16.7 Å². The van der Waals surface area contributed by atoms with Crippen LogP contribution >= 0.6 is 35.0 Å². The molecule has 1 N–H and O–H groups in total. The lowest BCUT2D eigenvalue weighted by atomic mass is 10.1. The van der Waals surface area contributed by atoms with Crippen LogP contribution in [0.5, 0.6) is 0 Å². The molecule has 4 rings (SSSR count). The molecule has 1 atom stereocenters. The fraction of sp³-hybridized carbons (Fsp3) is 0.115. The summed E-state index contributed by atoms with van der Waals surface area (Å²) < 4.78 is 0. The minimum atomic E-state index is -0.597. The van der Waals surface area contributed by atoms with Crippen LogP contribution in [0.4, 0.5) is 11.4 Å². The molecule has 1 heterocycles. The topological polar surface area (TPSA) is 73.2 Å². The minimum Gasteiger partial charge on any atom is -0.321 e. The summed E-state index contributed by atoms with van der Waals surface area (Å²) in [6.45, 7) is 1.91. The number of nitrogens with zero attached hydrogens (tertiary/aromatic N) is 2. The van der Waals surface area contributed by atoms with Gasteiger partial charge in [0.25, 0.3) is 5.91 Å². The van der Waals surface area contributed by atoms with Crippen molar-refractivity contribution >= 4 is 58.2 Å². The number of nitriles is 1. The fourth-order valence-corrected chi connectivity index (χ4v) is 5.14. The summed E-state index contributed by atoms with van der Waals surface area (Å²) in [7, 11) is 0. The number of nitrogens with one attached hydrogen (secondary N) is 1. The van der Waals surface area contributed by atoms with Crippen molar-refractivity contribution in [2.75, 3.05) is 10.2 Å². The van der Waals surface area contributed by atoms with Gasteiger partial charge in [-0.3, -0.25) is 14.5 Å². The zero-order valence-electron chi connectivity index (χ0n) is 18.1. The number of aryl methyl sites for hydroxylation is 1. The summed E-state index contributed by atoms with van der Waals surface area (Å²) >= 11 is 13.4. The number of para-hydroxylation sites is 1. The van der Waals surface area contributed by atoms with Gasteiger partial charge in [0.2, 0.25) is 5.91 Å². The van der Waals surface area contributed by atoms with E-state index in [0.717, 1.165) is 11.1 Å². The van der Waals surface area contributed by atoms with Gasteiger partial charge in [0.15, 0.2) is 0 Å². The number of halogens is 2. The highest BCUT2D eigenvalue weighted by atomic mass is 35.5. The van der Waals surface area contributed by atoms with Crippen molar-refractivity contribution in [3.8, 4) is 6.07 Å². The van der Waals surface area contributed by atoms with Crippen molar-refractivity contribution in [1.29, 1.82) is 5.26 Å². The maximum atomic E-state index is 13.5. The van der Waals surface area contributed by atoms with Gasteiger partial charge in [-0.05, 0) is 66.9 Å². The van der Waals surface area contributed by atoms with E-state index < -0.39 is 11.2 Å². The van der Waals surface area contributed by atoms with Crippen molar-refractivity contribution in [2.24, 2.45) is 0 Å². The number of rotatable bonds is 5. The SMILES string of the molecule is Cc1ccc(C[C@@H]2S/C(=C(/C#N)C(=O)Nc3ccc(Cl)cc3)N(c3ccccc3)C2=O)cc1Cl. The summed E-state index contributed by atoms with van der Waals surface area (Å²) in [5.41, 5.74) is 2.80. The molecule has 8 heteroatoms. The average molecular weight is 508 g/mol. The van der Waals surface area contributed by atoms with Gasteiger partial charge in [0, 0.05) is 21.4 Å². The summed E-state index contributed by atoms with van der Waals surface area (Å²) in [5.74, 6) is -0.796. The summed E-state index contributed by atoms with van der Waals surface area (Å²) in [4.78, 5) is 28.0. The maximum Gasteiger partial charge on any atom is 0.269 e. The molecule has 0 aromatic heterocycles. The number of amides is 2. The van der Waals surface area contributed by atoms with Gasteiger partial charge >= 0.3 is 0 Å². The highest BCUT2D eigenvalue weighted by Crippen LogP contribution is 2.42. The maximum absolute atomic E-state index is 13.5. The molecule has 0 unspecified atom stereocenters. The van der Waals surface area contributed by atoms with Crippen LogP contribution in [0.2, 0.25) is 10.0 Å². The van der Waals surface area contributed by atoms with E-state index in [2.05, 4.69) is 5.32 Å². The number of hydrogen-bond donors (Lipinski definition) is 1. The molecule has 1 saturated heterocycles. The van der Waals surface area contributed by atoms with E-state index in [0.29, 0.717) is 32.9 Å². The quantitative estimate of drug-likeness (QED) is 0.321. The third-order valence-electron chi connectivity index (χ3n) is 5.28. The first-order chi connectivity index (χ1) is 16.4. The predicted molar refractivity (Wildman–Crippen MR) is 138 cm³/mol. The zero-order valence-corrected chi connectivity index (χ0v) is 20.4. The van der Waals surface area contributed by atoms with Gasteiger partial charge < -0.3 is 5.32 Å². The number of anilines is 2. The minimum absolute atomic E-state index is 0.137. The monoisotopic (exact) mass is 507 g/mol. The molecule has 1 fully saturated rings. The first-order valence-corrected chi connectivity index (χ1v) is 12.0. The second-order valence-electron chi connectivity index (χ2n) is 7.66. The number of thioether (sulfide) groups is 1. The van der Waals surface area contributed by atoms with Crippen molar-refractivity contribution in [3.63, 3.8) is 0 Å². The molecular weight excluding hydrogens is 489 g/mol. The van der Waals surface area contributed by atoms with Crippen LogP contribution in [-0.4, -0.2) is 17.1 Å². The predicted octanol–water partition coefficient (Wildman–Crippen LogP) is 6.37. The highest BCUT2D eigenvalue weighted by molar-refractivity contribution is 8.05. The lowest BCUT2D eigenvalue weighted by Gasteiger charge is -2.18. The Bertz CT molecular complexity index is 1320. The Kier molecular flexibility index (Phi) is 7.28. The molecule has 3 aromatic carbocycles. The summed E-state index contributed by atoms with van der Waals surface area (Å²) in [6, 6.07) is 23.3. The Morgan fingerprint density at radius 3 is 2.44 bits per heavy atom. The summed E-state index contributed by atoms with van der Waals surface area (Å²) in [6.07, 6.45) is 0.411. The first kappa shape index (κ1) is 23.9. The molecule has 5 nitrogen and oxygen atoms in total. The zero-order chi connectivity index (χ0) is 24.2. The second kappa shape index (κ2) is 10.4. The molecule has 170 valence electrons. The normalized spacial score (nSPS) is 16.8. The van der Waals surface area contributed by atoms with Crippen LogP contribution in [0, 0.1) is 18.3 Å². The van der Waals surface area contributed by atoms with Crippen LogP contribution in [0.1, 0.15) is 11.1 Å². The smallest absolute Gasteiger partial charge is 0.269 e. The van der Waals surface area contributed by atoms with Crippen molar-refractivity contribution in [3.05, 3.63) is 105 Å². The van der Waals surface area contributed by atoms with Crippen molar-refractivity contribution in [2.45, 2.75) is 18.6 Å². The van der Waals surface area contributed by atoms with E-state index in [4.69, 9.17) is 23.2 Å². The molecule has 34 heavy (non-hydrogen) atoms. The Hall–Kier alpha value is -3.24. The average Bonchev–Trinajstić information content (AvgIpc) is 3.14. The van der Waals surface area contributed by atoms with Gasteiger partial charge in [-0.15, -0.1) is 0 Å². The van der Waals surface area contributed by atoms with Crippen molar-refractivity contribution in [1.82, 2.24) is 0 Å². The van der Waals surface area contributed by atoms with E-state index in [9.17, 15) is 14.9 Å². The Labute approximate surface area is 212 Å². The second-order valence-corrected chi connectivity index (χ2v) is 9.69. The molecule has 0 saturated carbocycles. The van der Waals surface area contributed by atoms with Crippen LogP contribution in [0.25, 0.3) is 0 Å². The van der Waals surface area contributed by atoms with Gasteiger partial charge in [-0.1, -0.05) is 65.3 Å². The number of hydrogen-bond acceptors (Lipinski definition) is 4. The van der Waals surface area contributed by atoms with Crippen LogP contribution in [0.15, 0.2) is 83.4 Å². The Morgan fingerprint density at radius 1 is 1.09 bits per heavy atom. The van der Waals surface area contributed by atoms with Crippen molar-refractivity contribution < 1.29 is 9.59 Å². The molecule has 0 spiro atoms. The number of carbonyl (C=O) groups excluding carboxylic acids is 2. The number of carbonyl (C=O) groups is 2. The molecule has 0 bridgehead atoms. The van der Waals surface area contributed by atoms with E-state index in [-0.39, 0.29) is 11.5 Å². The third kappa shape index (κ3) is 5.13. The van der Waals surface area contributed by atoms with E-state index >= 15 is 0 Å².